The van der Waals surface area contributed by atoms with Crippen molar-refractivity contribution in [3.05, 3.63) is 18.3 Å². The van der Waals surface area contributed by atoms with Gasteiger partial charge in [-0.2, -0.15) is 4.57 Å². The summed E-state index contributed by atoms with van der Waals surface area (Å²) in [5.74, 6) is -0.231. The van der Waals surface area contributed by atoms with E-state index in [9.17, 15) is 9.90 Å². The number of aromatic nitrogens is 1. The first-order chi connectivity index (χ1) is 6.20. The Balaban J connectivity index is 2.49. The third-order valence-electron chi connectivity index (χ3n) is 1.95. The molecule has 0 fully saturated rings. The standard InChI is InChI=1S/C8H7NO3S/c10-6-2-1-3-9-5(8(11)12)4-13-7(6)9/h1-3,5H,4H2,(H-,10,11,12)/p+1. The molecule has 0 amide bonds. The highest BCUT2D eigenvalue weighted by molar-refractivity contribution is 7.99. The number of carbonyl (C=O) groups is 1. The van der Waals surface area contributed by atoms with Crippen molar-refractivity contribution in [2.24, 2.45) is 0 Å². The molecule has 13 heavy (non-hydrogen) atoms. The Morgan fingerprint density at radius 2 is 2.46 bits per heavy atom. The summed E-state index contributed by atoms with van der Waals surface area (Å²) in [6.07, 6.45) is 1.67. The third-order valence-corrected chi connectivity index (χ3v) is 3.13. The van der Waals surface area contributed by atoms with Crippen LogP contribution in [0.5, 0.6) is 5.75 Å². The summed E-state index contributed by atoms with van der Waals surface area (Å²) in [6, 6.07) is 2.65. The quantitative estimate of drug-likeness (QED) is 0.642. The fraction of sp³-hybridized carbons (Fsp3) is 0.250. The summed E-state index contributed by atoms with van der Waals surface area (Å²) < 4.78 is 1.59. The fourth-order valence-corrected chi connectivity index (χ4v) is 2.49. The Labute approximate surface area is 78.8 Å². The first kappa shape index (κ1) is 8.37. The Bertz CT molecular complexity index is 366. The number of aromatic hydroxyl groups is 1. The van der Waals surface area contributed by atoms with Gasteiger partial charge in [0.15, 0.2) is 11.9 Å². The van der Waals surface area contributed by atoms with Gasteiger partial charge >= 0.3 is 5.97 Å². The van der Waals surface area contributed by atoms with E-state index in [1.165, 1.54) is 11.8 Å². The number of rotatable bonds is 1. The lowest BCUT2D eigenvalue weighted by atomic mass is 10.3. The lowest BCUT2D eigenvalue weighted by Crippen LogP contribution is -2.42. The maximum Gasteiger partial charge on any atom is 0.374 e. The van der Waals surface area contributed by atoms with E-state index >= 15 is 0 Å². The molecule has 0 saturated carbocycles. The number of carboxylic acids is 1. The van der Waals surface area contributed by atoms with Gasteiger partial charge in [0.2, 0.25) is 0 Å². The minimum atomic E-state index is -0.859. The molecule has 0 radical (unpaired) electrons. The first-order valence-corrected chi connectivity index (χ1v) is 4.77. The van der Waals surface area contributed by atoms with Gasteiger partial charge < -0.3 is 10.2 Å². The van der Waals surface area contributed by atoms with Gasteiger partial charge in [-0.15, -0.1) is 0 Å². The second-order valence-corrected chi connectivity index (χ2v) is 3.78. The zero-order chi connectivity index (χ0) is 9.42. The highest BCUT2D eigenvalue weighted by Crippen LogP contribution is 2.32. The summed E-state index contributed by atoms with van der Waals surface area (Å²) in [5, 5.41) is 18.9. The number of fused-ring (bicyclic) bond motifs is 1. The molecule has 0 bridgehead atoms. The zero-order valence-electron chi connectivity index (χ0n) is 6.67. The van der Waals surface area contributed by atoms with E-state index in [2.05, 4.69) is 0 Å². The Morgan fingerprint density at radius 1 is 1.69 bits per heavy atom. The van der Waals surface area contributed by atoms with Crippen LogP contribution in [0.1, 0.15) is 6.04 Å². The van der Waals surface area contributed by atoms with Crippen LogP contribution in [0.3, 0.4) is 0 Å². The predicted molar refractivity (Wildman–Crippen MR) is 45.7 cm³/mol. The van der Waals surface area contributed by atoms with E-state index < -0.39 is 12.0 Å². The van der Waals surface area contributed by atoms with Gasteiger partial charge in [0.05, 0.1) is 5.75 Å². The molecule has 2 heterocycles. The molecule has 5 heteroatoms. The molecule has 0 aromatic carbocycles. The van der Waals surface area contributed by atoms with Crippen LogP contribution in [-0.2, 0) is 4.79 Å². The van der Waals surface area contributed by atoms with Crippen LogP contribution in [0.2, 0.25) is 0 Å². The van der Waals surface area contributed by atoms with Crippen LogP contribution in [0.4, 0.5) is 0 Å². The highest BCUT2D eigenvalue weighted by atomic mass is 32.2. The number of pyridine rings is 1. The van der Waals surface area contributed by atoms with E-state index in [4.69, 9.17) is 5.11 Å². The zero-order valence-corrected chi connectivity index (χ0v) is 7.49. The fourth-order valence-electron chi connectivity index (χ4n) is 1.32. The number of hydrogen-bond donors (Lipinski definition) is 2. The maximum absolute atomic E-state index is 10.8. The van der Waals surface area contributed by atoms with Crippen molar-refractivity contribution >= 4 is 17.7 Å². The van der Waals surface area contributed by atoms with Crippen LogP contribution < -0.4 is 4.57 Å². The molecule has 1 aromatic rings. The van der Waals surface area contributed by atoms with E-state index in [1.807, 2.05) is 0 Å². The largest absolute Gasteiger partial charge is 0.502 e. The smallest absolute Gasteiger partial charge is 0.374 e. The first-order valence-electron chi connectivity index (χ1n) is 3.79. The molecule has 0 saturated heterocycles. The van der Waals surface area contributed by atoms with Crippen molar-refractivity contribution in [3.8, 4) is 5.75 Å². The lowest BCUT2D eigenvalue weighted by molar-refractivity contribution is -0.736. The normalized spacial score (nSPS) is 19.8. The van der Waals surface area contributed by atoms with Crippen LogP contribution >= 0.6 is 11.8 Å². The summed E-state index contributed by atoms with van der Waals surface area (Å²) in [4.78, 5) is 10.8. The van der Waals surface area contributed by atoms with Crippen molar-refractivity contribution in [1.29, 1.82) is 0 Å². The summed E-state index contributed by atoms with van der Waals surface area (Å²) in [5.41, 5.74) is 0. The Morgan fingerprint density at radius 3 is 3.15 bits per heavy atom. The Kier molecular flexibility index (Phi) is 1.88. The van der Waals surface area contributed by atoms with E-state index in [1.54, 1.807) is 22.9 Å². The van der Waals surface area contributed by atoms with Crippen molar-refractivity contribution in [3.63, 3.8) is 0 Å². The molecule has 1 unspecified atom stereocenters. The molecular formula is C8H8NO3S+. The average molecular weight is 198 g/mol. The van der Waals surface area contributed by atoms with Gasteiger partial charge in [0.25, 0.3) is 11.1 Å². The Hall–Kier alpha value is -1.23. The summed E-state index contributed by atoms with van der Waals surface area (Å²) >= 11 is 1.36. The number of nitrogens with zero attached hydrogens (tertiary/aromatic N) is 1. The molecule has 1 atom stereocenters. The molecule has 0 aliphatic carbocycles. The second-order valence-electron chi connectivity index (χ2n) is 2.77. The van der Waals surface area contributed by atoms with Crippen LogP contribution in [-0.4, -0.2) is 21.9 Å². The molecule has 1 aromatic heterocycles. The van der Waals surface area contributed by atoms with Crippen molar-refractivity contribution in [2.45, 2.75) is 11.1 Å². The molecule has 2 N–H and O–H groups in total. The SMILES string of the molecule is O=C(O)C1CSc2c(O)ccc[n+]21. The molecule has 1 aliphatic rings. The van der Waals surface area contributed by atoms with Gasteiger partial charge in [0.1, 0.15) is 0 Å². The summed E-state index contributed by atoms with van der Waals surface area (Å²) in [7, 11) is 0. The molecular weight excluding hydrogens is 190 g/mol. The minimum absolute atomic E-state index is 0.149. The molecule has 4 nitrogen and oxygen atoms in total. The molecule has 68 valence electrons. The second kappa shape index (κ2) is 2.92. The van der Waals surface area contributed by atoms with E-state index in [-0.39, 0.29) is 5.75 Å². The monoisotopic (exact) mass is 198 g/mol. The molecule has 1 aliphatic heterocycles. The minimum Gasteiger partial charge on any atom is -0.502 e. The highest BCUT2D eigenvalue weighted by Gasteiger charge is 2.38. The van der Waals surface area contributed by atoms with Gasteiger partial charge in [0, 0.05) is 6.07 Å². The van der Waals surface area contributed by atoms with Crippen LogP contribution in [0.25, 0.3) is 0 Å². The number of carboxylic acid groups (broad SMARTS) is 1. The van der Waals surface area contributed by atoms with Crippen molar-refractivity contribution in [1.82, 2.24) is 0 Å². The molecule has 0 spiro atoms. The van der Waals surface area contributed by atoms with Crippen molar-refractivity contribution in [2.75, 3.05) is 5.75 Å². The predicted octanol–water partition coefficient (Wildman–Crippen LogP) is 0.411. The average Bonchev–Trinajstić information content (AvgIpc) is 2.48. The lowest BCUT2D eigenvalue weighted by Gasteiger charge is -1.98. The van der Waals surface area contributed by atoms with E-state index in [0.717, 1.165) is 0 Å². The van der Waals surface area contributed by atoms with Gasteiger partial charge in [-0.25, -0.2) is 4.79 Å². The van der Waals surface area contributed by atoms with Crippen molar-refractivity contribution < 1.29 is 19.6 Å². The van der Waals surface area contributed by atoms with Gasteiger partial charge in [-0.1, -0.05) is 0 Å². The molecule has 2 rings (SSSR count). The van der Waals surface area contributed by atoms with Gasteiger partial charge in [-0.3, -0.25) is 0 Å². The van der Waals surface area contributed by atoms with Crippen LogP contribution in [0.15, 0.2) is 23.4 Å². The number of aliphatic carboxylic acids is 1. The number of thioether (sulfide) groups is 1. The van der Waals surface area contributed by atoms with Crippen LogP contribution in [0, 0.1) is 0 Å². The van der Waals surface area contributed by atoms with E-state index in [0.29, 0.717) is 10.8 Å². The summed E-state index contributed by atoms with van der Waals surface area (Å²) in [6.45, 7) is 0. The third kappa shape index (κ3) is 1.25. The maximum atomic E-state index is 10.8. The number of hydrogen-bond acceptors (Lipinski definition) is 3. The van der Waals surface area contributed by atoms with Gasteiger partial charge in [-0.05, 0) is 17.8 Å². The topological polar surface area (TPSA) is 61.4 Å².